The van der Waals surface area contributed by atoms with Gasteiger partial charge in [0.1, 0.15) is 5.69 Å². The van der Waals surface area contributed by atoms with Crippen molar-refractivity contribution in [3.8, 4) is 17.2 Å². The van der Waals surface area contributed by atoms with E-state index in [1.165, 1.54) is 37.0 Å². The van der Waals surface area contributed by atoms with Crippen LogP contribution in [0.5, 0.6) is 11.5 Å². The number of ether oxygens (including phenoxy) is 2. The Kier molecular flexibility index (Phi) is 6.97. The van der Waals surface area contributed by atoms with E-state index in [-0.39, 0.29) is 27.8 Å². The lowest BCUT2D eigenvalue weighted by atomic mass is 10.2. The van der Waals surface area contributed by atoms with E-state index in [4.69, 9.17) is 9.47 Å². The number of hydrogen-bond donors (Lipinski definition) is 1. The lowest BCUT2D eigenvalue weighted by Gasteiger charge is -2.15. The van der Waals surface area contributed by atoms with Crippen molar-refractivity contribution in [2.24, 2.45) is 0 Å². The van der Waals surface area contributed by atoms with Crippen molar-refractivity contribution in [3.63, 3.8) is 0 Å². The van der Waals surface area contributed by atoms with Crippen LogP contribution in [0.4, 0.5) is 11.4 Å². The predicted molar refractivity (Wildman–Crippen MR) is 133 cm³/mol. The maximum atomic E-state index is 13.4. The van der Waals surface area contributed by atoms with E-state index in [1.54, 1.807) is 48.5 Å². The Labute approximate surface area is 203 Å². The lowest BCUT2D eigenvalue weighted by molar-refractivity contribution is -0.383. The predicted octanol–water partition coefficient (Wildman–Crippen LogP) is 4.04. The number of anilines is 1. The summed E-state index contributed by atoms with van der Waals surface area (Å²) >= 11 is 1.03. The van der Waals surface area contributed by atoms with Gasteiger partial charge in [-0.3, -0.25) is 24.3 Å². The molecule has 4 rings (SSSR count). The molecule has 0 saturated carbocycles. The number of nitro benzene ring substituents is 1. The highest BCUT2D eigenvalue weighted by Gasteiger charge is 2.18. The average Bonchev–Trinajstić information content (AvgIpc) is 2.87. The number of thioether (sulfide) groups is 1. The van der Waals surface area contributed by atoms with E-state index in [9.17, 15) is 19.7 Å². The molecule has 1 aromatic heterocycles. The van der Waals surface area contributed by atoms with Crippen LogP contribution in [0.15, 0.2) is 76.7 Å². The Hall–Kier alpha value is -4.38. The fourth-order valence-corrected chi connectivity index (χ4v) is 4.27. The van der Waals surface area contributed by atoms with Crippen molar-refractivity contribution < 1.29 is 19.2 Å². The van der Waals surface area contributed by atoms with Crippen molar-refractivity contribution in [1.82, 2.24) is 9.55 Å². The number of carbonyl (C=O) groups is 1. The maximum Gasteiger partial charge on any atom is 0.292 e. The van der Waals surface area contributed by atoms with Gasteiger partial charge in [-0.25, -0.2) is 4.98 Å². The molecule has 1 heterocycles. The van der Waals surface area contributed by atoms with E-state index in [2.05, 4.69) is 10.3 Å². The molecule has 0 unspecified atom stereocenters. The molecular formula is C24H20N4O6S. The first-order valence-electron chi connectivity index (χ1n) is 10.3. The maximum absolute atomic E-state index is 13.4. The van der Waals surface area contributed by atoms with Crippen LogP contribution in [-0.2, 0) is 4.79 Å². The zero-order chi connectivity index (χ0) is 24.9. The van der Waals surface area contributed by atoms with Gasteiger partial charge in [-0.05, 0) is 30.3 Å². The highest BCUT2D eigenvalue weighted by Crippen LogP contribution is 2.31. The largest absolute Gasteiger partial charge is 0.493 e. The Morgan fingerprint density at radius 3 is 2.51 bits per heavy atom. The van der Waals surface area contributed by atoms with E-state index < -0.39 is 10.8 Å². The average molecular weight is 493 g/mol. The molecule has 0 fully saturated rings. The summed E-state index contributed by atoms with van der Waals surface area (Å²) in [6.07, 6.45) is 0. The van der Waals surface area contributed by atoms with E-state index in [0.29, 0.717) is 28.1 Å². The van der Waals surface area contributed by atoms with Crippen molar-refractivity contribution >= 4 is 39.9 Å². The second-order valence-electron chi connectivity index (χ2n) is 7.20. The number of carbonyl (C=O) groups excluding carboxylic acids is 1. The van der Waals surface area contributed by atoms with Gasteiger partial charge in [0.25, 0.3) is 11.2 Å². The molecule has 10 nitrogen and oxygen atoms in total. The second kappa shape index (κ2) is 10.3. The Balaban J connectivity index is 1.70. The normalized spacial score (nSPS) is 10.7. The van der Waals surface area contributed by atoms with Crippen molar-refractivity contribution in [1.29, 1.82) is 0 Å². The molecule has 178 valence electrons. The molecule has 1 N–H and O–H groups in total. The van der Waals surface area contributed by atoms with Crippen LogP contribution in [0.25, 0.3) is 16.6 Å². The van der Waals surface area contributed by atoms with Gasteiger partial charge in [-0.1, -0.05) is 36.0 Å². The fourth-order valence-electron chi connectivity index (χ4n) is 3.46. The molecule has 0 aliphatic carbocycles. The summed E-state index contributed by atoms with van der Waals surface area (Å²) in [5.41, 5.74) is 0.525. The van der Waals surface area contributed by atoms with Crippen molar-refractivity contribution in [2.75, 3.05) is 25.3 Å². The topological polar surface area (TPSA) is 126 Å². The van der Waals surface area contributed by atoms with Gasteiger partial charge in [-0.15, -0.1) is 0 Å². The molecule has 11 heteroatoms. The summed E-state index contributed by atoms with van der Waals surface area (Å²) in [5.74, 6) is 0.307. The number of methoxy groups -OCH3 is 2. The van der Waals surface area contributed by atoms with Gasteiger partial charge in [0.05, 0.1) is 41.5 Å². The van der Waals surface area contributed by atoms with Gasteiger partial charge >= 0.3 is 0 Å². The van der Waals surface area contributed by atoms with Crippen LogP contribution in [-0.4, -0.2) is 40.4 Å². The van der Waals surface area contributed by atoms with E-state index >= 15 is 0 Å². The SMILES string of the molecule is COc1ccc(-n2c(SCC(=O)Nc3ccccc3[N+](=O)[O-])nc3ccccc3c2=O)cc1OC. The molecule has 0 radical (unpaired) electrons. The molecule has 4 aromatic rings. The van der Waals surface area contributed by atoms with Crippen LogP contribution in [0.1, 0.15) is 0 Å². The summed E-state index contributed by atoms with van der Waals surface area (Å²) < 4.78 is 12.1. The smallest absolute Gasteiger partial charge is 0.292 e. The lowest BCUT2D eigenvalue weighted by Crippen LogP contribution is -2.23. The first-order valence-corrected chi connectivity index (χ1v) is 11.3. The number of aromatic nitrogens is 2. The molecule has 0 spiro atoms. The number of benzene rings is 3. The Bertz CT molecular complexity index is 1490. The number of hydrogen-bond acceptors (Lipinski definition) is 8. The molecule has 35 heavy (non-hydrogen) atoms. The summed E-state index contributed by atoms with van der Waals surface area (Å²) in [7, 11) is 3.00. The number of rotatable bonds is 8. The third-order valence-electron chi connectivity index (χ3n) is 5.08. The molecule has 0 atom stereocenters. The van der Waals surface area contributed by atoms with Crippen LogP contribution in [0.2, 0.25) is 0 Å². The standard InChI is InChI=1S/C24H20N4O6S/c1-33-20-12-11-15(13-21(20)34-2)27-23(30)16-7-3-4-8-17(16)26-24(27)35-14-22(29)25-18-9-5-6-10-19(18)28(31)32/h3-13H,14H2,1-2H3,(H,25,29). The molecule has 0 saturated heterocycles. The highest BCUT2D eigenvalue weighted by atomic mass is 32.2. The summed E-state index contributed by atoms with van der Waals surface area (Å²) in [5, 5.41) is 14.5. The van der Waals surface area contributed by atoms with Crippen molar-refractivity contribution in [3.05, 3.63) is 87.2 Å². The monoisotopic (exact) mass is 492 g/mol. The number of nitrogens with one attached hydrogen (secondary N) is 1. The van der Waals surface area contributed by atoms with Crippen LogP contribution >= 0.6 is 11.8 Å². The van der Waals surface area contributed by atoms with E-state index in [1.807, 2.05) is 0 Å². The first-order chi connectivity index (χ1) is 16.9. The second-order valence-corrected chi connectivity index (χ2v) is 8.14. The first kappa shape index (κ1) is 23.8. The molecular weight excluding hydrogens is 472 g/mol. The Morgan fingerprint density at radius 2 is 1.77 bits per heavy atom. The number of nitrogens with zero attached hydrogens (tertiary/aromatic N) is 3. The highest BCUT2D eigenvalue weighted by molar-refractivity contribution is 7.99. The van der Waals surface area contributed by atoms with Crippen LogP contribution < -0.4 is 20.3 Å². The van der Waals surface area contributed by atoms with Gasteiger partial charge in [0, 0.05) is 12.1 Å². The van der Waals surface area contributed by atoms with Crippen molar-refractivity contribution in [2.45, 2.75) is 5.16 Å². The minimum atomic E-state index is -0.567. The zero-order valence-electron chi connectivity index (χ0n) is 18.8. The quantitative estimate of drug-likeness (QED) is 0.169. The number of fused-ring (bicyclic) bond motifs is 1. The summed E-state index contributed by atoms with van der Waals surface area (Å²) in [6, 6.07) is 17.8. The van der Waals surface area contributed by atoms with Crippen LogP contribution in [0.3, 0.4) is 0 Å². The number of nitro groups is 1. The molecule has 0 bridgehead atoms. The molecule has 1 amide bonds. The minimum Gasteiger partial charge on any atom is -0.493 e. The molecule has 3 aromatic carbocycles. The van der Waals surface area contributed by atoms with Gasteiger partial charge in [0.15, 0.2) is 16.7 Å². The minimum absolute atomic E-state index is 0.0897. The summed E-state index contributed by atoms with van der Waals surface area (Å²) in [4.78, 5) is 41.3. The molecule has 0 aliphatic heterocycles. The number of amides is 1. The van der Waals surface area contributed by atoms with Gasteiger partial charge in [0.2, 0.25) is 5.91 Å². The van der Waals surface area contributed by atoms with Crippen LogP contribution in [0, 0.1) is 10.1 Å². The Morgan fingerprint density at radius 1 is 1.06 bits per heavy atom. The zero-order valence-corrected chi connectivity index (χ0v) is 19.6. The fraction of sp³-hybridized carbons (Fsp3) is 0.125. The summed E-state index contributed by atoms with van der Waals surface area (Å²) in [6.45, 7) is 0. The third kappa shape index (κ3) is 4.94. The molecule has 0 aliphatic rings. The number of para-hydroxylation sites is 3. The van der Waals surface area contributed by atoms with E-state index in [0.717, 1.165) is 11.8 Å². The third-order valence-corrected chi connectivity index (χ3v) is 6.02. The van der Waals surface area contributed by atoms with Gasteiger partial charge in [-0.2, -0.15) is 0 Å². The van der Waals surface area contributed by atoms with Gasteiger partial charge < -0.3 is 14.8 Å².